The fourth-order valence-corrected chi connectivity index (χ4v) is 24.9. The Hall–Kier alpha value is -13.3. The van der Waals surface area contributed by atoms with Crippen LogP contribution in [0.2, 0.25) is 0 Å². The number of fused-ring (bicyclic) bond motifs is 20. The predicted octanol–water partition coefficient (Wildman–Crippen LogP) is 33.5. The van der Waals surface area contributed by atoms with Crippen molar-refractivity contribution in [3.8, 4) is 77.9 Å². The second-order valence-corrected chi connectivity index (χ2v) is 37.0. The predicted molar refractivity (Wildman–Crippen MR) is 519 cm³/mol. The van der Waals surface area contributed by atoms with Crippen LogP contribution in [0.5, 0.6) is 0 Å². The SMILES string of the molecule is c1ccc(N(c2ccc(-c3ccc(N(c4ccc(-c5ccc(N(c6ccc(-c7ccc(N(c8ccccc8)c8ccc9c(c8)C8(CCCCC8)c8ccccc8-9)cc7)cc6)c6ccc7c(c6)C6(CCCCC6)c6ccccc6-7)cc5)cc4)c4ccc5c(c4)C4(CCCCC4)c4ccccc4-5)cc3)cc2)c2ccc3c(c2)C2(CCCCC2)c2ccccc2-3)cc1. The fraction of sp³-hybridized carbons (Fsp3) is 0.200. The van der Waals surface area contributed by atoms with E-state index in [1.807, 2.05) is 0 Å². The highest BCUT2D eigenvalue weighted by Crippen LogP contribution is 2.63. The lowest BCUT2D eigenvalue weighted by atomic mass is 9.68. The normalized spacial score (nSPS) is 16.5. The molecule has 0 atom stereocenters. The molecular formula is C120H102N4. The quantitative estimate of drug-likeness (QED) is 0.101. The summed E-state index contributed by atoms with van der Waals surface area (Å²) in [6.45, 7) is 0. The number of nitrogens with zero attached hydrogens (tertiary/aromatic N) is 4. The smallest absolute Gasteiger partial charge is 0.0465 e. The fourth-order valence-electron chi connectivity index (χ4n) is 24.9. The van der Waals surface area contributed by atoms with Crippen LogP contribution in [-0.2, 0) is 21.7 Å². The topological polar surface area (TPSA) is 13.0 Å². The van der Waals surface area contributed by atoms with Crippen LogP contribution in [0.4, 0.5) is 68.2 Å². The van der Waals surface area contributed by atoms with Crippen LogP contribution >= 0.6 is 0 Å². The molecule has 124 heavy (non-hydrogen) atoms. The van der Waals surface area contributed by atoms with Crippen molar-refractivity contribution in [2.24, 2.45) is 0 Å². The Balaban J connectivity index is 0.554. The first-order chi connectivity index (χ1) is 61.4. The van der Waals surface area contributed by atoms with E-state index in [0.717, 1.165) is 45.5 Å². The molecule has 4 spiro atoms. The summed E-state index contributed by atoms with van der Waals surface area (Å²) in [5.41, 5.74) is 44.4. The van der Waals surface area contributed by atoms with Crippen molar-refractivity contribution in [1.82, 2.24) is 0 Å². The van der Waals surface area contributed by atoms with E-state index >= 15 is 0 Å². The number of anilines is 12. The third kappa shape index (κ3) is 12.1. The van der Waals surface area contributed by atoms with Crippen LogP contribution in [0, 0.1) is 0 Å². The summed E-state index contributed by atoms with van der Waals surface area (Å²) in [5, 5.41) is 0. The molecule has 4 fully saturated rings. The molecule has 0 unspecified atom stereocenters. The zero-order valence-electron chi connectivity index (χ0n) is 70.7. The van der Waals surface area contributed by atoms with Crippen molar-refractivity contribution in [3.05, 3.63) is 421 Å². The van der Waals surface area contributed by atoms with Crippen molar-refractivity contribution in [2.75, 3.05) is 19.6 Å². The molecule has 0 radical (unpaired) electrons. The molecule has 8 aliphatic carbocycles. The molecule has 4 nitrogen and oxygen atoms in total. The van der Waals surface area contributed by atoms with Gasteiger partial charge in [0.15, 0.2) is 0 Å². The van der Waals surface area contributed by atoms with E-state index < -0.39 is 0 Å². The Morgan fingerprint density at radius 1 is 0.129 bits per heavy atom. The van der Waals surface area contributed by atoms with Crippen LogP contribution in [0.15, 0.2) is 376 Å². The molecule has 16 aromatic rings. The van der Waals surface area contributed by atoms with Gasteiger partial charge in [0, 0.05) is 89.9 Å². The molecule has 8 aliphatic rings. The van der Waals surface area contributed by atoms with Gasteiger partial charge >= 0.3 is 0 Å². The van der Waals surface area contributed by atoms with Gasteiger partial charge in [-0.15, -0.1) is 0 Å². The molecule has 16 aromatic carbocycles. The Bertz CT molecular complexity index is 6310. The largest absolute Gasteiger partial charge is 0.310 e. The van der Waals surface area contributed by atoms with Crippen molar-refractivity contribution >= 4 is 68.2 Å². The summed E-state index contributed by atoms with van der Waals surface area (Å²) in [6.07, 6.45) is 24.8. The van der Waals surface area contributed by atoms with Crippen molar-refractivity contribution < 1.29 is 0 Å². The number of rotatable bonds is 15. The maximum atomic E-state index is 2.57. The Morgan fingerprint density at radius 2 is 0.290 bits per heavy atom. The van der Waals surface area contributed by atoms with E-state index in [0.29, 0.717) is 0 Å². The van der Waals surface area contributed by atoms with Crippen LogP contribution in [-0.4, -0.2) is 0 Å². The van der Waals surface area contributed by atoms with Gasteiger partial charge in [0.1, 0.15) is 0 Å². The minimum atomic E-state index is 0.0123. The molecule has 4 saturated carbocycles. The minimum Gasteiger partial charge on any atom is -0.310 e. The minimum absolute atomic E-state index is 0.0123. The second-order valence-electron chi connectivity index (χ2n) is 37.0. The zero-order chi connectivity index (χ0) is 81.9. The number of hydrogen-bond donors (Lipinski definition) is 0. The highest BCUT2D eigenvalue weighted by molar-refractivity contribution is 5.93. The highest BCUT2D eigenvalue weighted by Gasteiger charge is 2.49. The van der Waals surface area contributed by atoms with Crippen molar-refractivity contribution in [3.63, 3.8) is 0 Å². The third-order valence-corrected chi connectivity index (χ3v) is 30.6. The van der Waals surface area contributed by atoms with E-state index in [1.54, 1.807) is 0 Å². The summed E-state index contributed by atoms with van der Waals surface area (Å²) in [5.74, 6) is 0. The van der Waals surface area contributed by atoms with Crippen molar-refractivity contribution in [1.29, 1.82) is 0 Å². The van der Waals surface area contributed by atoms with Crippen molar-refractivity contribution in [2.45, 2.75) is 150 Å². The molecule has 0 saturated heterocycles. The molecule has 0 heterocycles. The van der Waals surface area contributed by atoms with Gasteiger partial charge in [-0.3, -0.25) is 0 Å². The first-order valence-electron chi connectivity index (χ1n) is 46.3. The molecule has 4 heteroatoms. The van der Waals surface area contributed by atoms with Gasteiger partial charge in [-0.05, 0) is 319 Å². The first-order valence-corrected chi connectivity index (χ1v) is 46.3. The number of hydrogen-bond acceptors (Lipinski definition) is 4. The average molecular weight is 1600 g/mol. The lowest BCUT2D eigenvalue weighted by Gasteiger charge is -2.36. The van der Waals surface area contributed by atoms with Gasteiger partial charge in [-0.2, -0.15) is 0 Å². The molecule has 0 aliphatic heterocycles. The monoisotopic (exact) mass is 1600 g/mol. The Morgan fingerprint density at radius 3 is 0.492 bits per heavy atom. The van der Waals surface area contributed by atoms with Gasteiger partial charge in [0.05, 0.1) is 0 Å². The van der Waals surface area contributed by atoms with Gasteiger partial charge in [0.25, 0.3) is 0 Å². The highest BCUT2D eigenvalue weighted by atomic mass is 15.2. The van der Waals surface area contributed by atoms with Gasteiger partial charge < -0.3 is 19.6 Å². The molecule has 0 amide bonds. The molecule has 0 bridgehead atoms. The van der Waals surface area contributed by atoms with Crippen LogP contribution < -0.4 is 19.6 Å². The van der Waals surface area contributed by atoms with Crippen LogP contribution in [0.1, 0.15) is 173 Å². The lowest BCUT2D eigenvalue weighted by molar-refractivity contribution is 0.353. The molecule has 24 rings (SSSR count). The van der Waals surface area contributed by atoms with Crippen LogP contribution in [0.25, 0.3) is 77.9 Å². The van der Waals surface area contributed by atoms with E-state index in [1.165, 1.54) is 274 Å². The Kier molecular flexibility index (Phi) is 18.2. The van der Waals surface area contributed by atoms with Gasteiger partial charge in [-0.25, -0.2) is 0 Å². The third-order valence-electron chi connectivity index (χ3n) is 30.6. The first kappa shape index (κ1) is 74.5. The number of para-hydroxylation sites is 2. The van der Waals surface area contributed by atoms with E-state index in [4.69, 9.17) is 0 Å². The zero-order valence-corrected chi connectivity index (χ0v) is 70.7. The summed E-state index contributed by atoms with van der Waals surface area (Å²) in [7, 11) is 0. The maximum absolute atomic E-state index is 2.57. The van der Waals surface area contributed by atoms with Gasteiger partial charge in [0.2, 0.25) is 0 Å². The summed E-state index contributed by atoms with van der Waals surface area (Å²) in [6, 6.07) is 144. The van der Waals surface area contributed by atoms with Crippen LogP contribution in [0.3, 0.4) is 0 Å². The second kappa shape index (κ2) is 30.3. The standard InChI is InChI=1S/C120H102N4/c1-7-27-89(28-8-1)121(97-63-67-105-101-31-11-15-35-109(101)117(113(105)79-97)71-19-3-20-72-117)91-51-39-83(40-52-91)85-43-55-93(56-44-85)123(99-65-69-107-103-33-13-17-37-111(103)119(115(107)81-99)75-23-5-24-76-119)95-59-47-87(48-60-95)88-49-61-96(62-50-88)124(100-66-70-108-104-34-14-18-38-112(104)120(116(108)82-100)77-25-6-26-78-120)94-57-45-86(46-58-94)84-41-53-92(54-42-84)122(90-29-9-2-10-30-90)98-64-68-106-102-32-12-16-36-110(102)118(114(106)80-98)73-21-4-22-74-118/h1-2,7-18,27-70,79-82H,3-6,19-26,71-78H2. The molecule has 0 aromatic heterocycles. The average Bonchev–Trinajstić information content (AvgIpc) is 1.58. The maximum Gasteiger partial charge on any atom is 0.0465 e. The van der Waals surface area contributed by atoms with E-state index in [-0.39, 0.29) is 21.7 Å². The van der Waals surface area contributed by atoms with E-state index in [2.05, 4.69) is 396 Å². The van der Waals surface area contributed by atoms with Gasteiger partial charge in [-0.1, -0.05) is 308 Å². The lowest BCUT2D eigenvalue weighted by Crippen LogP contribution is -2.28. The van der Waals surface area contributed by atoms with E-state index in [9.17, 15) is 0 Å². The molecule has 0 N–H and O–H groups in total. The summed E-state index contributed by atoms with van der Waals surface area (Å²) in [4.78, 5) is 9.94. The molecule has 602 valence electrons. The Labute approximate surface area is 731 Å². The summed E-state index contributed by atoms with van der Waals surface area (Å²) >= 11 is 0. The number of benzene rings is 16. The summed E-state index contributed by atoms with van der Waals surface area (Å²) < 4.78 is 0. The molecular weight excluding hydrogens is 1500 g/mol.